The molecule has 0 spiro atoms. The lowest BCUT2D eigenvalue weighted by atomic mass is 10.2. The van der Waals surface area contributed by atoms with Gasteiger partial charge >= 0.3 is 5.97 Å². The van der Waals surface area contributed by atoms with Crippen LogP contribution < -0.4 is 0 Å². The highest BCUT2D eigenvalue weighted by Gasteiger charge is 2.07. The third-order valence-corrected chi connectivity index (χ3v) is 2.44. The smallest absolute Gasteiger partial charge is 0.328 e. The molecule has 0 aliphatic rings. The van der Waals surface area contributed by atoms with Crippen molar-refractivity contribution in [1.82, 2.24) is 0 Å². The second-order valence-corrected chi connectivity index (χ2v) is 3.97. The number of carboxylic acids is 1. The standard InChI is InChI=1S/C11H6Cl2O3/c12-7-3-6-4-8(1-2-10(14)15)16-11(6)9(13)5-7/h1-5H,(H,14,15)/b2-1+. The summed E-state index contributed by atoms with van der Waals surface area (Å²) in [6.45, 7) is 0. The molecule has 0 aliphatic carbocycles. The molecular formula is C11H6Cl2O3. The first kappa shape index (κ1) is 11.0. The maximum Gasteiger partial charge on any atom is 0.328 e. The molecule has 0 saturated carbocycles. The quantitative estimate of drug-likeness (QED) is 0.831. The van der Waals surface area contributed by atoms with E-state index in [2.05, 4.69) is 0 Å². The molecule has 0 aliphatic heterocycles. The largest absolute Gasteiger partial charge is 0.478 e. The van der Waals surface area contributed by atoms with Gasteiger partial charge in [-0.25, -0.2) is 4.79 Å². The molecule has 3 nitrogen and oxygen atoms in total. The van der Waals surface area contributed by atoms with Crippen molar-refractivity contribution in [3.05, 3.63) is 40.1 Å². The Morgan fingerprint density at radius 3 is 2.75 bits per heavy atom. The maximum atomic E-state index is 10.3. The second kappa shape index (κ2) is 4.20. The van der Waals surface area contributed by atoms with Gasteiger partial charge in [0, 0.05) is 16.5 Å². The van der Waals surface area contributed by atoms with E-state index in [4.69, 9.17) is 32.7 Å². The molecule has 2 rings (SSSR count). The predicted molar refractivity (Wildman–Crippen MR) is 62.9 cm³/mol. The van der Waals surface area contributed by atoms with E-state index in [1.807, 2.05) is 0 Å². The lowest BCUT2D eigenvalue weighted by Crippen LogP contribution is -1.84. The molecule has 0 bridgehead atoms. The minimum Gasteiger partial charge on any atom is -0.478 e. The molecule has 0 saturated heterocycles. The van der Waals surface area contributed by atoms with Crippen LogP contribution in [-0.2, 0) is 4.79 Å². The van der Waals surface area contributed by atoms with E-state index in [1.165, 1.54) is 6.08 Å². The Kier molecular flexibility index (Phi) is 2.90. The first-order valence-electron chi connectivity index (χ1n) is 4.36. The van der Waals surface area contributed by atoms with E-state index in [1.54, 1.807) is 18.2 Å². The highest BCUT2D eigenvalue weighted by Crippen LogP contribution is 2.30. The zero-order valence-corrected chi connectivity index (χ0v) is 9.42. The molecular weight excluding hydrogens is 251 g/mol. The zero-order valence-electron chi connectivity index (χ0n) is 7.91. The van der Waals surface area contributed by atoms with Gasteiger partial charge in [-0.1, -0.05) is 23.2 Å². The van der Waals surface area contributed by atoms with Crippen molar-refractivity contribution in [1.29, 1.82) is 0 Å². The van der Waals surface area contributed by atoms with Gasteiger partial charge in [0.05, 0.1) is 5.02 Å². The number of benzene rings is 1. The van der Waals surface area contributed by atoms with Gasteiger partial charge in [-0.2, -0.15) is 0 Å². The molecule has 82 valence electrons. The van der Waals surface area contributed by atoms with Gasteiger partial charge in [0.2, 0.25) is 0 Å². The summed E-state index contributed by atoms with van der Waals surface area (Å²) in [5, 5.41) is 10.1. The van der Waals surface area contributed by atoms with Crippen LogP contribution in [0.3, 0.4) is 0 Å². The van der Waals surface area contributed by atoms with Crippen LogP contribution >= 0.6 is 23.2 Å². The molecule has 0 atom stereocenters. The van der Waals surface area contributed by atoms with Crippen molar-refractivity contribution in [3.8, 4) is 0 Å². The number of carboxylic acid groups (broad SMARTS) is 1. The van der Waals surface area contributed by atoms with Crippen LogP contribution in [0.25, 0.3) is 17.0 Å². The molecule has 1 N–H and O–H groups in total. The Hall–Kier alpha value is -1.45. The average Bonchev–Trinajstić information content (AvgIpc) is 2.57. The van der Waals surface area contributed by atoms with E-state index in [9.17, 15) is 4.79 Å². The average molecular weight is 257 g/mol. The van der Waals surface area contributed by atoms with E-state index in [0.29, 0.717) is 21.4 Å². The number of furan rings is 1. The predicted octanol–water partition coefficient (Wildman–Crippen LogP) is 3.84. The number of aliphatic carboxylic acids is 1. The molecule has 2 aromatic rings. The summed E-state index contributed by atoms with van der Waals surface area (Å²) in [4.78, 5) is 10.3. The third-order valence-electron chi connectivity index (χ3n) is 1.94. The topological polar surface area (TPSA) is 50.4 Å². The highest BCUT2D eigenvalue weighted by molar-refractivity contribution is 6.38. The summed E-state index contributed by atoms with van der Waals surface area (Å²) in [7, 11) is 0. The summed E-state index contributed by atoms with van der Waals surface area (Å²) >= 11 is 11.7. The monoisotopic (exact) mass is 256 g/mol. The van der Waals surface area contributed by atoms with Gasteiger partial charge < -0.3 is 9.52 Å². The fourth-order valence-corrected chi connectivity index (χ4v) is 1.88. The Morgan fingerprint density at radius 1 is 1.31 bits per heavy atom. The third kappa shape index (κ3) is 2.21. The van der Waals surface area contributed by atoms with Crippen LogP contribution in [0.4, 0.5) is 0 Å². The molecule has 1 aromatic carbocycles. The summed E-state index contributed by atoms with van der Waals surface area (Å²) in [5.74, 6) is -0.619. The molecule has 5 heteroatoms. The van der Waals surface area contributed by atoms with E-state index < -0.39 is 5.97 Å². The van der Waals surface area contributed by atoms with Crippen molar-refractivity contribution in [2.24, 2.45) is 0 Å². The van der Waals surface area contributed by atoms with Crippen molar-refractivity contribution < 1.29 is 14.3 Å². The van der Waals surface area contributed by atoms with E-state index >= 15 is 0 Å². The number of fused-ring (bicyclic) bond motifs is 1. The number of halogens is 2. The van der Waals surface area contributed by atoms with Gasteiger partial charge in [0.15, 0.2) is 5.58 Å². The van der Waals surface area contributed by atoms with Crippen molar-refractivity contribution in [2.45, 2.75) is 0 Å². The van der Waals surface area contributed by atoms with E-state index in [0.717, 1.165) is 11.5 Å². The molecule has 0 amide bonds. The minimum atomic E-state index is -1.04. The normalized spacial score (nSPS) is 11.4. The number of hydrogen-bond donors (Lipinski definition) is 1. The van der Waals surface area contributed by atoms with Crippen LogP contribution in [0.1, 0.15) is 5.76 Å². The molecule has 16 heavy (non-hydrogen) atoms. The van der Waals surface area contributed by atoms with Gasteiger partial charge in [-0.15, -0.1) is 0 Å². The summed E-state index contributed by atoms with van der Waals surface area (Å²) in [6.07, 6.45) is 2.35. The van der Waals surface area contributed by atoms with Crippen molar-refractivity contribution in [3.63, 3.8) is 0 Å². The Morgan fingerprint density at radius 2 is 2.06 bits per heavy atom. The van der Waals surface area contributed by atoms with E-state index in [-0.39, 0.29) is 0 Å². The SMILES string of the molecule is O=C(O)/C=C/c1cc2cc(Cl)cc(Cl)c2o1. The Labute approximate surface area is 101 Å². The molecule has 1 aromatic heterocycles. The number of hydrogen-bond acceptors (Lipinski definition) is 2. The summed E-state index contributed by atoms with van der Waals surface area (Å²) < 4.78 is 5.36. The number of rotatable bonds is 2. The lowest BCUT2D eigenvalue weighted by Gasteiger charge is -1.92. The highest BCUT2D eigenvalue weighted by atomic mass is 35.5. The molecule has 0 unspecified atom stereocenters. The zero-order chi connectivity index (χ0) is 11.7. The summed E-state index contributed by atoms with van der Waals surface area (Å²) in [6, 6.07) is 4.94. The van der Waals surface area contributed by atoms with Gasteiger partial charge in [0.25, 0.3) is 0 Å². The maximum absolute atomic E-state index is 10.3. The van der Waals surface area contributed by atoms with Gasteiger partial charge in [-0.05, 0) is 24.3 Å². The van der Waals surface area contributed by atoms with Crippen molar-refractivity contribution in [2.75, 3.05) is 0 Å². The van der Waals surface area contributed by atoms with Crippen LogP contribution in [0.5, 0.6) is 0 Å². The summed E-state index contributed by atoms with van der Waals surface area (Å²) in [5.41, 5.74) is 0.496. The molecule has 0 radical (unpaired) electrons. The Bertz CT molecular complexity index is 584. The lowest BCUT2D eigenvalue weighted by molar-refractivity contribution is -0.131. The molecule has 1 heterocycles. The van der Waals surface area contributed by atoms with Crippen LogP contribution in [0, 0.1) is 0 Å². The van der Waals surface area contributed by atoms with Crippen LogP contribution in [0.15, 0.2) is 28.7 Å². The first-order chi connectivity index (χ1) is 7.56. The number of carbonyl (C=O) groups is 1. The second-order valence-electron chi connectivity index (χ2n) is 3.13. The molecule has 0 fully saturated rings. The minimum absolute atomic E-state index is 0.400. The van der Waals surface area contributed by atoms with Crippen LogP contribution in [-0.4, -0.2) is 11.1 Å². The van der Waals surface area contributed by atoms with Gasteiger partial charge in [0.1, 0.15) is 5.76 Å². The fraction of sp³-hybridized carbons (Fsp3) is 0. The van der Waals surface area contributed by atoms with Crippen LogP contribution in [0.2, 0.25) is 10.0 Å². The Balaban J connectivity index is 2.52. The van der Waals surface area contributed by atoms with Gasteiger partial charge in [-0.3, -0.25) is 0 Å². The first-order valence-corrected chi connectivity index (χ1v) is 5.11. The van der Waals surface area contributed by atoms with Crippen molar-refractivity contribution >= 4 is 46.2 Å². The fourth-order valence-electron chi connectivity index (χ4n) is 1.33.